The molecule has 0 aromatic carbocycles. The minimum Gasteiger partial charge on any atom is -0.464 e. The summed E-state index contributed by atoms with van der Waals surface area (Å²) in [6.45, 7) is 1.98. The van der Waals surface area contributed by atoms with Crippen LogP contribution in [0, 0.1) is 5.92 Å². The number of thiazole rings is 1. The average molecular weight is 356 g/mol. The molecule has 1 fully saturated rings. The highest BCUT2D eigenvalue weighted by atomic mass is 35.5. The van der Waals surface area contributed by atoms with Gasteiger partial charge in [0.1, 0.15) is 0 Å². The number of rotatable bonds is 6. The minimum absolute atomic E-state index is 0. The number of nitrogens with two attached hydrogens (primary N) is 1. The highest BCUT2D eigenvalue weighted by Crippen LogP contribution is 2.40. The van der Waals surface area contributed by atoms with Gasteiger partial charge in [-0.25, -0.2) is 22.9 Å². The Morgan fingerprint density at radius 1 is 1.62 bits per heavy atom. The van der Waals surface area contributed by atoms with E-state index in [0.29, 0.717) is 0 Å². The van der Waals surface area contributed by atoms with Crippen molar-refractivity contribution in [2.75, 3.05) is 13.7 Å². The molecule has 1 atom stereocenters. The van der Waals surface area contributed by atoms with Crippen LogP contribution in [0.5, 0.6) is 0 Å². The van der Waals surface area contributed by atoms with Crippen LogP contribution < -0.4 is 10.5 Å². The number of carbonyl (C=O) groups is 1. The Bertz CT molecular complexity index is 615. The smallest absolute Gasteiger partial charge is 0.358 e. The second-order valence-corrected chi connectivity index (χ2v) is 7.71. The van der Waals surface area contributed by atoms with Crippen LogP contribution in [0.4, 0.5) is 0 Å². The minimum atomic E-state index is -3.85. The third-order valence-corrected chi connectivity index (χ3v) is 6.41. The molecule has 0 amide bonds. The maximum absolute atomic E-state index is 12.4. The molecule has 120 valence electrons. The van der Waals surface area contributed by atoms with Gasteiger partial charge < -0.3 is 10.5 Å². The Labute approximate surface area is 133 Å². The summed E-state index contributed by atoms with van der Waals surface area (Å²) in [5, 5.41) is 0. The lowest BCUT2D eigenvalue weighted by molar-refractivity contribution is 0.0590. The van der Waals surface area contributed by atoms with E-state index in [4.69, 9.17) is 5.73 Å². The Kier molecular flexibility index (Phi) is 5.73. The fraction of sp³-hybridized carbons (Fsp3) is 0.636. The summed E-state index contributed by atoms with van der Waals surface area (Å²) in [7, 11) is -2.67. The first kappa shape index (κ1) is 18.3. The molecule has 1 saturated carbocycles. The molecule has 0 radical (unpaired) electrons. The van der Waals surface area contributed by atoms with Gasteiger partial charge in [-0.2, -0.15) is 0 Å². The second-order valence-electron chi connectivity index (χ2n) is 4.98. The maximum Gasteiger partial charge on any atom is 0.358 e. The first-order chi connectivity index (χ1) is 9.34. The standard InChI is InChI=1S/C11H17N3O4S2.ClH/c1-11(5-12,7-3-4-7)14-20(16,17)10-8(9(15)18-2)13-6-19-10;/h6-7,14H,3-5,12H2,1-2H3;1H. The zero-order valence-electron chi connectivity index (χ0n) is 11.7. The first-order valence-corrected chi connectivity index (χ1v) is 8.46. The monoisotopic (exact) mass is 355 g/mol. The third-order valence-electron chi connectivity index (χ3n) is 3.43. The second kappa shape index (κ2) is 6.57. The molecule has 0 spiro atoms. The number of ether oxygens (including phenoxy) is 1. The molecule has 1 unspecified atom stereocenters. The summed E-state index contributed by atoms with van der Waals surface area (Å²) in [5.74, 6) is -0.538. The van der Waals surface area contributed by atoms with Crippen LogP contribution in [0.15, 0.2) is 9.72 Å². The van der Waals surface area contributed by atoms with Crippen LogP contribution in [-0.2, 0) is 14.8 Å². The van der Waals surface area contributed by atoms with Gasteiger partial charge in [-0.1, -0.05) is 0 Å². The van der Waals surface area contributed by atoms with Gasteiger partial charge in [0.15, 0.2) is 9.90 Å². The van der Waals surface area contributed by atoms with Gasteiger partial charge in [0.2, 0.25) is 0 Å². The van der Waals surface area contributed by atoms with Crippen LogP contribution in [-0.4, -0.2) is 38.6 Å². The van der Waals surface area contributed by atoms with Crippen LogP contribution in [0.3, 0.4) is 0 Å². The molecule has 1 aliphatic carbocycles. The van der Waals surface area contributed by atoms with E-state index in [0.717, 1.165) is 24.2 Å². The molecule has 0 aliphatic heterocycles. The van der Waals surface area contributed by atoms with E-state index in [-0.39, 0.29) is 34.8 Å². The van der Waals surface area contributed by atoms with E-state index in [2.05, 4.69) is 14.4 Å². The number of hydrogen-bond acceptors (Lipinski definition) is 7. The third kappa shape index (κ3) is 3.72. The Hall–Kier alpha value is -0.740. The maximum atomic E-state index is 12.4. The van der Waals surface area contributed by atoms with Crippen molar-refractivity contribution in [2.24, 2.45) is 11.7 Å². The van der Waals surface area contributed by atoms with Crippen molar-refractivity contribution in [3.05, 3.63) is 11.2 Å². The molecule has 1 heterocycles. The van der Waals surface area contributed by atoms with E-state index in [1.54, 1.807) is 6.92 Å². The zero-order valence-corrected chi connectivity index (χ0v) is 14.1. The summed E-state index contributed by atoms with van der Waals surface area (Å²) in [6.07, 6.45) is 1.89. The van der Waals surface area contributed by atoms with Gasteiger partial charge in [-0.05, 0) is 25.7 Å². The van der Waals surface area contributed by atoms with E-state index < -0.39 is 21.5 Å². The molecular formula is C11H18ClN3O4S2. The van der Waals surface area contributed by atoms with Crippen LogP contribution in [0.2, 0.25) is 0 Å². The SMILES string of the molecule is COC(=O)c1ncsc1S(=O)(=O)NC(C)(CN)C1CC1.Cl. The largest absolute Gasteiger partial charge is 0.464 e. The van der Waals surface area contributed by atoms with E-state index in [9.17, 15) is 13.2 Å². The molecule has 0 saturated heterocycles. The molecule has 3 N–H and O–H groups in total. The number of sulfonamides is 1. The molecule has 10 heteroatoms. The predicted molar refractivity (Wildman–Crippen MR) is 81.2 cm³/mol. The summed E-state index contributed by atoms with van der Waals surface area (Å²) >= 11 is 0.880. The highest BCUT2D eigenvalue weighted by molar-refractivity contribution is 7.91. The lowest BCUT2D eigenvalue weighted by atomic mass is 9.98. The van der Waals surface area contributed by atoms with Crippen molar-refractivity contribution in [1.29, 1.82) is 0 Å². The van der Waals surface area contributed by atoms with Gasteiger partial charge in [-0.15, -0.1) is 23.7 Å². The van der Waals surface area contributed by atoms with Gasteiger partial charge in [0.05, 0.1) is 12.6 Å². The Balaban J connectivity index is 0.00000220. The lowest BCUT2D eigenvalue weighted by Gasteiger charge is -2.28. The van der Waals surface area contributed by atoms with Crippen molar-refractivity contribution >= 4 is 39.7 Å². The van der Waals surface area contributed by atoms with Crippen LogP contribution in [0.1, 0.15) is 30.3 Å². The molecule has 2 rings (SSSR count). The summed E-state index contributed by atoms with van der Waals surface area (Å²) < 4.78 is 31.9. The van der Waals surface area contributed by atoms with Crippen molar-refractivity contribution < 1.29 is 17.9 Å². The molecule has 1 aromatic heterocycles. The average Bonchev–Trinajstić information content (AvgIpc) is 3.14. The Morgan fingerprint density at radius 2 is 2.24 bits per heavy atom. The molecule has 0 bridgehead atoms. The topological polar surface area (TPSA) is 111 Å². The number of carbonyl (C=O) groups excluding carboxylic acids is 1. The quantitative estimate of drug-likeness (QED) is 0.728. The number of halogens is 1. The van der Waals surface area contributed by atoms with Gasteiger partial charge in [-0.3, -0.25) is 0 Å². The number of hydrogen-bond donors (Lipinski definition) is 2. The summed E-state index contributed by atoms with van der Waals surface area (Å²) in [6, 6.07) is 0. The number of nitrogens with zero attached hydrogens (tertiary/aromatic N) is 1. The van der Waals surface area contributed by atoms with Crippen molar-refractivity contribution in [3.8, 4) is 0 Å². The molecule has 21 heavy (non-hydrogen) atoms. The van der Waals surface area contributed by atoms with E-state index >= 15 is 0 Å². The molecule has 1 aromatic rings. The van der Waals surface area contributed by atoms with Crippen LogP contribution in [0.25, 0.3) is 0 Å². The van der Waals surface area contributed by atoms with E-state index in [1.165, 1.54) is 12.6 Å². The number of esters is 1. The summed E-state index contributed by atoms with van der Waals surface area (Å²) in [5.41, 5.74) is 6.11. The normalized spacial score (nSPS) is 17.7. The number of aromatic nitrogens is 1. The van der Waals surface area contributed by atoms with Crippen molar-refractivity contribution in [3.63, 3.8) is 0 Å². The molecule has 1 aliphatic rings. The number of methoxy groups -OCH3 is 1. The van der Waals surface area contributed by atoms with Crippen molar-refractivity contribution in [2.45, 2.75) is 29.5 Å². The fourth-order valence-electron chi connectivity index (χ4n) is 2.02. The predicted octanol–water partition coefficient (Wildman–Crippen LogP) is 0.757. The van der Waals surface area contributed by atoms with E-state index in [1.807, 2.05) is 0 Å². The fourth-order valence-corrected chi connectivity index (χ4v) is 4.63. The van der Waals surface area contributed by atoms with Gasteiger partial charge in [0.25, 0.3) is 10.0 Å². The number of nitrogens with one attached hydrogen (secondary N) is 1. The molecule has 7 nitrogen and oxygen atoms in total. The first-order valence-electron chi connectivity index (χ1n) is 6.10. The Morgan fingerprint density at radius 3 is 2.71 bits per heavy atom. The van der Waals surface area contributed by atoms with Crippen molar-refractivity contribution in [1.82, 2.24) is 9.71 Å². The van der Waals surface area contributed by atoms with Crippen LogP contribution >= 0.6 is 23.7 Å². The van der Waals surface area contributed by atoms with Gasteiger partial charge >= 0.3 is 5.97 Å². The summed E-state index contributed by atoms with van der Waals surface area (Å²) in [4.78, 5) is 15.3. The van der Waals surface area contributed by atoms with Gasteiger partial charge in [0, 0.05) is 12.1 Å². The highest BCUT2D eigenvalue weighted by Gasteiger charge is 2.44. The zero-order chi connectivity index (χ0) is 15.0. The molecular weight excluding hydrogens is 338 g/mol. The lowest BCUT2D eigenvalue weighted by Crippen LogP contribution is -2.53.